The van der Waals surface area contributed by atoms with Gasteiger partial charge in [0, 0.05) is 12.4 Å². The number of carbonyl (C=O) groups is 1. The zero-order valence-corrected chi connectivity index (χ0v) is 8.60. The van der Waals surface area contributed by atoms with Crippen molar-refractivity contribution in [1.29, 1.82) is 0 Å². The van der Waals surface area contributed by atoms with E-state index in [9.17, 15) is 13.6 Å². The Bertz CT molecular complexity index is 493. The van der Waals surface area contributed by atoms with E-state index in [1.54, 1.807) is 0 Å². The van der Waals surface area contributed by atoms with Gasteiger partial charge in [0.15, 0.2) is 0 Å². The summed E-state index contributed by atoms with van der Waals surface area (Å²) >= 11 is 0. The number of aromatic nitrogens is 4. The molecule has 2 heterocycles. The van der Waals surface area contributed by atoms with E-state index >= 15 is 0 Å². The SMILES string of the molecule is O=C(NCc1nccn1C(F)F)c1cnc[nH]1. The molecule has 2 aromatic heterocycles. The second kappa shape index (κ2) is 4.73. The standard InChI is InChI=1S/C9H9F2N5O/c10-9(11)16-2-1-13-7(16)4-14-8(17)6-3-12-5-15-6/h1-3,5,9H,4H2,(H,12,15)(H,14,17). The first-order chi connectivity index (χ1) is 8.18. The third kappa shape index (κ3) is 2.47. The number of hydrogen-bond acceptors (Lipinski definition) is 3. The summed E-state index contributed by atoms with van der Waals surface area (Å²) in [6.07, 6.45) is 5.11. The predicted molar refractivity (Wildman–Crippen MR) is 53.2 cm³/mol. The highest BCUT2D eigenvalue weighted by molar-refractivity contribution is 5.91. The summed E-state index contributed by atoms with van der Waals surface area (Å²) in [5.74, 6) is -0.334. The Kier molecular flexibility index (Phi) is 3.12. The molecule has 2 N–H and O–H groups in total. The van der Waals surface area contributed by atoms with Gasteiger partial charge in [0.2, 0.25) is 0 Å². The van der Waals surface area contributed by atoms with E-state index in [4.69, 9.17) is 0 Å². The Hall–Kier alpha value is -2.25. The van der Waals surface area contributed by atoms with Crippen molar-refractivity contribution in [3.8, 4) is 0 Å². The molecule has 0 saturated heterocycles. The molecule has 0 aromatic carbocycles. The minimum atomic E-state index is -2.67. The number of H-pyrrole nitrogens is 1. The van der Waals surface area contributed by atoms with Crippen LogP contribution in [0.3, 0.4) is 0 Å². The second-order valence-corrected chi connectivity index (χ2v) is 3.18. The maximum atomic E-state index is 12.5. The quantitative estimate of drug-likeness (QED) is 0.836. The van der Waals surface area contributed by atoms with Gasteiger partial charge in [-0.1, -0.05) is 0 Å². The van der Waals surface area contributed by atoms with Crippen molar-refractivity contribution in [2.24, 2.45) is 0 Å². The number of rotatable bonds is 4. The number of nitrogens with one attached hydrogen (secondary N) is 2. The van der Waals surface area contributed by atoms with Crippen LogP contribution in [0.1, 0.15) is 22.9 Å². The van der Waals surface area contributed by atoms with Crippen LogP contribution in [-0.4, -0.2) is 25.4 Å². The van der Waals surface area contributed by atoms with Crippen LogP contribution in [0.25, 0.3) is 0 Å². The fourth-order valence-electron chi connectivity index (χ4n) is 1.29. The van der Waals surface area contributed by atoms with Gasteiger partial charge >= 0.3 is 6.55 Å². The molecule has 0 unspecified atom stereocenters. The van der Waals surface area contributed by atoms with Crippen molar-refractivity contribution in [1.82, 2.24) is 24.8 Å². The van der Waals surface area contributed by atoms with Crippen molar-refractivity contribution in [2.45, 2.75) is 13.1 Å². The second-order valence-electron chi connectivity index (χ2n) is 3.18. The Balaban J connectivity index is 1.98. The van der Waals surface area contributed by atoms with E-state index in [0.29, 0.717) is 4.57 Å². The summed E-state index contributed by atoms with van der Waals surface area (Å²) in [5.41, 5.74) is 0.264. The molecule has 0 spiro atoms. The molecule has 0 saturated carbocycles. The summed E-state index contributed by atoms with van der Waals surface area (Å²) in [6.45, 7) is -2.74. The molecule has 0 aliphatic rings. The summed E-state index contributed by atoms with van der Waals surface area (Å²) in [5, 5.41) is 2.46. The summed E-state index contributed by atoms with van der Waals surface area (Å²) in [7, 11) is 0. The maximum absolute atomic E-state index is 12.5. The molecule has 0 radical (unpaired) electrons. The number of nitrogens with zero attached hydrogens (tertiary/aromatic N) is 3. The van der Waals surface area contributed by atoms with Crippen LogP contribution >= 0.6 is 0 Å². The van der Waals surface area contributed by atoms with Gasteiger partial charge in [0.1, 0.15) is 11.5 Å². The van der Waals surface area contributed by atoms with Crippen LogP contribution < -0.4 is 5.32 Å². The average molecular weight is 241 g/mol. The van der Waals surface area contributed by atoms with Gasteiger partial charge in [-0.2, -0.15) is 8.78 Å². The lowest BCUT2D eigenvalue weighted by Crippen LogP contribution is -2.25. The molecule has 2 rings (SSSR count). The molecule has 0 atom stereocenters. The Morgan fingerprint density at radius 3 is 3.06 bits per heavy atom. The van der Waals surface area contributed by atoms with Crippen molar-refractivity contribution in [3.63, 3.8) is 0 Å². The van der Waals surface area contributed by atoms with Gasteiger partial charge in [-0.05, 0) is 0 Å². The highest BCUT2D eigenvalue weighted by atomic mass is 19.3. The molecule has 8 heteroatoms. The third-order valence-electron chi connectivity index (χ3n) is 2.11. The van der Waals surface area contributed by atoms with Gasteiger partial charge in [-0.25, -0.2) is 9.97 Å². The molecular formula is C9H9F2N5O. The lowest BCUT2D eigenvalue weighted by Gasteiger charge is -2.06. The van der Waals surface area contributed by atoms with Gasteiger partial charge in [0.25, 0.3) is 5.91 Å². The van der Waals surface area contributed by atoms with Crippen LogP contribution in [0, 0.1) is 0 Å². The first-order valence-electron chi connectivity index (χ1n) is 4.75. The summed E-state index contributed by atoms with van der Waals surface area (Å²) < 4.78 is 25.6. The van der Waals surface area contributed by atoms with Crippen LogP contribution in [0.4, 0.5) is 8.78 Å². The van der Waals surface area contributed by atoms with Crippen LogP contribution in [-0.2, 0) is 6.54 Å². The molecule has 0 aliphatic carbocycles. The van der Waals surface area contributed by atoms with E-state index < -0.39 is 12.5 Å². The number of carbonyl (C=O) groups excluding carboxylic acids is 1. The first kappa shape index (κ1) is 11.2. The maximum Gasteiger partial charge on any atom is 0.319 e. The molecule has 0 fully saturated rings. The van der Waals surface area contributed by atoms with E-state index in [1.165, 1.54) is 18.7 Å². The number of imidazole rings is 2. The Labute approximate surface area is 94.7 Å². The Morgan fingerprint density at radius 2 is 2.41 bits per heavy atom. The van der Waals surface area contributed by atoms with Crippen LogP contribution in [0.2, 0.25) is 0 Å². The minimum Gasteiger partial charge on any atom is -0.343 e. The van der Waals surface area contributed by atoms with Crippen molar-refractivity contribution in [2.75, 3.05) is 0 Å². The highest BCUT2D eigenvalue weighted by Gasteiger charge is 2.13. The minimum absolute atomic E-state index is 0.0742. The highest BCUT2D eigenvalue weighted by Crippen LogP contribution is 2.11. The number of aromatic amines is 1. The number of hydrogen-bond donors (Lipinski definition) is 2. The van der Waals surface area contributed by atoms with Gasteiger partial charge in [-0.3, -0.25) is 9.36 Å². The normalized spacial score (nSPS) is 10.8. The molecule has 0 bridgehead atoms. The molecule has 2 aromatic rings. The van der Waals surface area contributed by atoms with Gasteiger partial charge in [-0.15, -0.1) is 0 Å². The third-order valence-corrected chi connectivity index (χ3v) is 2.11. The van der Waals surface area contributed by atoms with Crippen molar-refractivity contribution in [3.05, 3.63) is 36.4 Å². The zero-order valence-electron chi connectivity index (χ0n) is 8.60. The number of amides is 1. The fourth-order valence-corrected chi connectivity index (χ4v) is 1.29. The smallest absolute Gasteiger partial charge is 0.319 e. The predicted octanol–water partition coefficient (Wildman–Crippen LogP) is 0.931. The van der Waals surface area contributed by atoms with E-state index in [1.807, 2.05) is 0 Å². The Morgan fingerprint density at radius 1 is 1.59 bits per heavy atom. The lowest BCUT2D eigenvalue weighted by molar-refractivity contribution is 0.0660. The molecule has 17 heavy (non-hydrogen) atoms. The molecular weight excluding hydrogens is 232 g/mol. The molecule has 90 valence electrons. The first-order valence-corrected chi connectivity index (χ1v) is 4.75. The molecule has 6 nitrogen and oxygen atoms in total. The number of alkyl halides is 2. The van der Waals surface area contributed by atoms with Crippen molar-refractivity contribution >= 4 is 5.91 Å². The monoisotopic (exact) mass is 241 g/mol. The molecule has 0 aliphatic heterocycles. The van der Waals surface area contributed by atoms with Crippen LogP contribution in [0.15, 0.2) is 24.9 Å². The largest absolute Gasteiger partial charge is 0.343 e. The zero-order chi connectivity index (χ0) is 12.3. The van der Waals surface area contributed by atoms with E-state index in [-0.39, 0.29) is 18.1 Å². The lowest BCUT2D eigenvalue weighted by atomic mass is 10.4. The van der Waals surface area contributed by atoms with Crippen LogP contribution in [0.5, 0.6) is 0 Å². The van der Waals surface area contributed by atoms with E-state index in [0.717, 1.165) is 6.20 Å². The summed E-state index contributed by atoms with van der Waals surface area (Å²) in [4.78, 5) is 21.5. The molecule has 1 amide bonds. The van der Waals surface area contributed by atoms with E-state index in [2.05, 4.69) is 20.3 Å². The van der Waals surface area contributed by atoms with Gasteiger partial charge in [0.05, 0.1) is 19.1 Å². The number of halogens is 2. The van der Waals surface area contributed by atoms with Crippen molar-refractivity contribution < 1.29 is 13.6 Å². The topological polar surface area (TPSA) is 75.6 Å². The van der Waals surface area contributed by atoms with Gasteiger partial charge < -0.3 is 10.3 Å². The average Bonchev–Trinajstić information content (AvgIpc) is 2.96. The summed E-state index contributed by atoms with van der Waals surface area (Å²) in [6, 6.07) is 0. The fraction of sp³-hybridized carbons (Fsp3) is 0.222.